The second kappa shape index (κ2) is 3.56. The molecule has 2 N–H and O–H groups in total. The van der Waals surface area contributed by atoms with Gasteiger partial charge in [0, 0.05) is 6.42 Å². The van der Waals surface area contributed by atoms with Crippen LogP contribution < -0.4 is 5.32 Å². The van der Waals surface area contributed by atoms with Crippen molar-refractivity contribution in [1.82, 2.24) is 5.32 Å². The largest absolute Gasteiger partial charge is 0.479 e. The molecule has 0 saturated heterocycles. The zero-order valence-corrected chi connectivity index (χ0v) is 9.59. The Morgan fingerprint density at radius 1 is 1.53 bits per heavy atom. The van der Waals surface area contributed by atoms with Gasteiger partial charge in [-0.2, -0.15) is 0 Å². The number of amides is 1. The number of carbonyl (C=O) groups excluding carboxylic acids is 1. The summed E-state index contributed by atoms with van der Waals surface area (Å²) in [6.07, 6.45) is -0.531. The van der Waals surface area contributed by atoms with E-state index in [9.17, 15) is 9.59 Å². The van der Waals surface area contributed by atoms with Crippen LogP contribution in [-0.4, -0.2) is 33.7 Å². The van der Waals surface area contributed by atoms with Gasteiger partial charge in [-0.1, -0.05) is 0 Å². The van der Waals surface area contributed by atoms with Crippen molar-refractivity contribution in [2.24, 2.45) is 0 Å². The molecule has 1 rings (SSSR count). The standard InChI is InChI=1S/C9H14ClNO4/c1-8(2,3)15-7(14)11-9(6(12)13)4-5(9)10/h5H,4H2,1-3H3,(H,11,14)(H,12,13). The summed E-state index contributed by atoms with van der Waals surface area (Å²) >= 11 is 5.67. The average Bonchev–Trinajstić information content (AvgIpc) is 2.57. The van der Waals surface area contributed by atoms with Crippen LogP contribution in [-0.2, 0) is 9.53 Å². The molecule has 1 fully saturated rings. The molecule has 1 amide bonds. The Kier molecular flexibility index (Phi) is 2.87. The second-order valence-corrected chi connectivity index (χ2v) is 5.10. The number of hydrogen-bond acceptors (Lipinski definition) is 3. The maximum atomic E-state index is 11.3. The number of aliphatic carboxylic acids is 1. The Hall–Kier alpha value is -0.970. The first-order valence-electron chi connectivity index (χ1n) is 4.56. The van der Waals surface area contributed by atoms with Crippen LogP contribution in [0.2, 0.25) is 0 Å². The quantitative estimate of drug-likeness (QED) is 0.709. The van der Waals surface area contributed by atoms with Crippen LogP contribution in [0.5, 0.6) is 0 Å². The summed E-state index contributed by atoms with van der Waals surface area (Å²) in [4.78, 5) is 22.1. The lowest BCUT2D eigenvalue weighted by molar-refractivity contribution is -0.140. The number of alkyl halides is 1. The van der Waals surface area contributed by atoms with Gasteiger partial charge in [-0.3, -0.25) is 0 Å². The number of ether oxygens (including phenoxy) is 1. The minimum absolute atomic E-state index is 0.225. The van der Waals surface area contributed by atoms with Crippen molar-refractivity contribution in [2.75, 3.05) is 0 Å². The van der Waals surface area contributed by atoms with Gasteiger partial charge in [0.2, 0.25) is 0 Å². The van der Waals surface area contributed by atoms with Gasteiger partial charge >= 0.3 is 12.1 Å². The predicted octanol–water partition coefficient (Wildman–Crippen LogP) is 1.35. The lowest BCUT2D eigenvalue weighted by Gasteiger charge is -2.21. The highest BCUT2D eigenvalue weighted by Crippen LogP contribution is 2.41. The highest BCUT2D eigenvalue weighted by atomic mass is 35.5. The molecule has 0 aromatic heterocycles. The van der Waals surface area contributed by atoms with Crippen LogP contribution in [0, 0.1) is 0 Å². The van der Waals surface area contributed by atoms with Crippen LogP contribution in [0.25, 0.3) is 0 Å². The molecule has 0 aliphatic heterocycles. The van der Waals surface area contributed by atoms with Crippen molar-refractivity contribution in [3.8, 4) is 0 Å². The first kappa shape index (κ1) is 12.1. The molecular weight excluding hydrogens is 222 g/mol. The average molecular weight is 236 g/mol. The molecule has 0 spiro atoms. The van der Waals surface area contributed by atoms with E-state index in [1.807, 2.05) is 0 Å². The normalized spacial score (nSPS) is 29.5. The zero-order chi connectivity index (χ0) is 11.9. The Bertz CT molecular complexity index is 299. The Balaban J connectivity index is 2.56. The van der Waals surface area contributed by atoms with E-state index in [4.69, 9.17) is 21.4 Å². The van der Waals surface area contributed by atoms with Crippen LogP contribution in [0.3, 0.4) is 0 Å². The summed E-state index contributed by atoms with van der Waals surface area (Å²) in [5, 5.41) is 10.6. The Morgan fingerprint density at radius 3 is 2.27 bits per heavy atom. The molecule has 15 heavy (non-hydrogen) atoms. The van der Waals surface area contributed by atoms with Crippen molar-refractivity contribution < 1.29 is 19.4 Å². The molecule has 0 radical (unpaired) electrons. The van der Waals surface area contributed by atoms with Gasteiger partial charge in [-0.15, -0.1) is 11.6 Å². The van der Waals surface area contributed by atoms with Crippen molar-refractivity contribution in [3.63, 3.8) is 0 Å². The third-order valence-corrected chi connectivity index (χ3v) is 2.51. The van der Waals surface area contributed by atoms with Gasteiger partial charge in [-0.25, -0.2) is 9.59 Å². The minimum Gasteiger partial charge on any atom is -0.479 e. The number of hydrogen-bond donors (Lipinski definition) is 2. The van der Waals surface area contributed by atoms with Gasteiger partial charge < -0.3 is 15.2 Å². The molecular formula is C9H14ClNO4. The summed E-state index contributed by atoms with van der Waals surface area (Å²) in [5.41, 5.74) is -2.00. The number of carboxylic acids is 1. The first-order valence-corrected chi connectivity index (χ1v) is 5.00. The van der Waals surface area contributed by atoms with Crippen LogP contribution in [0.1, 0.15) is 27.2 Å². The van der Waals surface area contributed by atoms with E-state index in [-0.39, 0.29) is 6.42 Å². The summed E-state index contributed by atoms with van der Waals surface area (Å²) < 4.78 is 4.94. The molecule has 1 aliphatic carbocycles. The number of carbonyl (C=O) groups is 2. The van der Waals surface area contributed by atoms with E-state index in [0.29, 0.717) is 0 Å². The molecule has 86 valence electrons. The topological polar surface area (TPSA) is 75.6 Å². The fourth-order valence-electron chi connectivity index (χ4n) is 1.11. The third kappa shape index (κ3) is 2.75. The van der Waals surface area contributed by atoms with E-state index < -0.39 is 28.6 Å². The lowest BCUT2D eigenvalue weighted by atomic mass is 10.2. The summed E-state index contributed by atoms with van der Waals surface area (Å²) in [7, 11) is 0. The van der Waals surface area contributed by atoms with Crippen molar-refractivity contribution in [1.29, 1.82) is 0 Å². The van der Waals surface area contributed by atoms with Gasteiger partial charge in [-0.05, 0) is 20.8 Å². The van der Waals surface area contributed by atoms with Gasteiger partial charge in [0.05, 0.1) is 5.38 Å². The van der Waals surface area contributed by atoms with Crippen LogP contribution >= 0.6 is 11.6 Å². The first-order chi connectivity index (χ1) is 6.67. The molecule has 2 atom stereocenters. The van der Waals surface area contributed by atoms with Gasteiger partial charge in [0.1, 0.15) is 5.60 Å². The van der Waals surface area contributed by atoms with E-state index >= 15 is 0 Å². The molecule has 1 saturated carbocycles. The molecule has 0 heterocycles. The van der Waals surface area contributed by atoms with E-state index in [2.05, 4.69) is 5.32 Å². The molecule has 2 unspecified atom stereocenters. The van der Waals surface area contributed by atoms with Crippen LogP contribution in [0.15, 0.2) is 0 Å². The highest BCUT2D eigenvalue weighted by molar-refractivity contribution is 6.27. The molecule has 5 nitrogen and oxygen atoms in total. The molecule has 0 aromatic carbocycles. The Morgan fingerprint density at radius 2 is 2.00 bits per heavy atom. The molecule has 0 aromatic rings. The minimum atomic E-state index is -1.34. The number of carboxylic acid groups (broad SMARTS) is 1. The summed E-state index contributed by atoms with van der Waals surface area (Å²) in [6.45, 7) is 5.10. The van der Waals surface area contributed by atoms with Crippen LogP contribution in [0.4, 0.5) is 4.79 Å². The lowest BCUT2D eigenvalue weighted by Crippen LogP contribution is -2.47. The number of nitrogens with one attached hydrogen (secondary N) is 1. The van der Waals surface area contributed by atoms with Crippen molar-refractivity contribution >= 4 is 23.7 Å². The van der Waals surface area contributed by atoms with Crippen molar-refractivity contribution in [3.05, 3.63) is 0 Å². The maximum Gasteiger partial charge on any atom is 0.408 e. The zero-order valence-electron chi connectivity index (χ0n) is 8.83. The monoisotopic (exact) mass is 235 g/mol. The fraction of sp³-hybridized carbons (Fsp3) is 0.778. The van der Waals surface area contributed by atoms with Gasteiger partial charge in [0.25, 0.3) is 0 Å². The van der Waals surface area contributed by atoms with Crippen molar-refractivity contribution in [2.45, 2.75) is 43.7 Å². The molecule has 1 aliphatic rings. The highest BCUT2D eigenvalue weighted by Gasteiger charge is 2.61. The number of alkyl carbamates (subject to hydrolysis) is 1. The summed E-state index contributed by atoms with van der Waals surface area (Å²) in [5.74, 6) is -1.13. The summed E-state index contributed by atoms with van der Waals surface area (Å²) in [6, 6.07) is 0. The SMILES string of the molecule is CC(C)(C)OC(=O)NC1(C(=O)O)CC1Cl. The smallest absolute Gasteiger partial charge is 0.408 e. The Labute approximate surface area is 92.7 Å². The van der Waals surface area contributed by atoms with E-state index in [0.717, 1.165) is 0 Å². The molecule has 6 heteroatoms. The van der Waals surface area contributed by atoms with Gasteiger partial charge in [0.15, 0.2) is 5.54 Å². The predicted molar refractivity (Wildman–Crippen MR) is 54.0 cm³/mol. The molecule has 0 bridgehead atoms. The third-order valence-electron chi connectivity index (χ3n) is 1.98. The van der Waals surface area contributed by atoms with E-state index in [1.165, 1.54) is 0 Å². The second-order valence-electron chi connectivity index (χ2n) is 4.58. The maximum absolute atomic E-state index is 11.3. The number of rotatable bonds is 2. The number of halogens is 1. The van der Waals surface area contributed by atoms with E-state index in [1.54, 1.807) is 20.8 Å². The fourth-order valence-corrected chi connectivity index (χ4v) is 1.50.